The molecule has 0 aliphatic rings. The first-order valence-electron chi connectivity index (χ1n) is 14.0. The summed E-state index contributed by atoms with van der Waals surface area (Å²) < 4.78 is 0. The fourth-order valence-electron chi connectivity index (χ4n) is 6.64. The van der Waals surface area contributed by atoms with Gasteiger partial charge in [-0.2, -0.15) is 0 Å². The van der Waals surface area contributed by atoms with E-state index in [9.17, 15) is 20.4 Å². The second-order valence-electron chi connectivity index (χ2n) is 11.6. The molecule has 0 amide bonds. The zero-order valence-corrected chi connectivity index (χ0v) is 25.2. The molecule has 0 spiro atoms. The first-order valence-corrected chi connectivity index (χ1v) is 14.0. The van der Waals surface area contributed by atoms with Crippen LogP contribution in [-0.2, 0) is 5.41 Å². The zero-order chi connectivity index (χ0) is 29.7. The maximum atomic E-state index is 10.8. The predicted octanol–water partition coefficient (Wildman–Crippen LogP) is 8.50. The van der Waals surface area contributed by atoms with Crippen LogP contribution >= 0.6 is 0 Å². The van der Waals surface area contributed by atoms with E-state index in [4.69, 9.17) is 0 Å². The topological polar surface area (TPSA) is 80.9 Å². The first-order chi connectivity index (χ1) is 18.7. The lowest BCUT2D eigenvalue weighted by Crippen LogP contribution is -2.37. The smallest absolute Gasteiger partial charge is 0.121 e. The molecule has 210 valence electrons. The van der Waals surface area contributed by atoms with Crippen molar-refractivity contribution in [3.8, 4) is 23.0 Å². The molecule has 0 aliphatic heterocycles. The summed E-state index contributed by atoms with van der Waals surface area (Å²) in [6.07, 6.45) is 0.764. The van der Waals surface area contributed by atoms with Crippen molar-refractivity contribution >= 4 is 0 Å². The van der Waals surface area contributed by atoms with E-state index in [0.717, 1.165) is 73.2 Å². The number of hydrogen-bond donors (Lipinski definition) is 4. The molecule has 40 heavy (non-hydrogen) atoms. The Labute approximate surface area is 238 Å². The monoisotopic (exact) mass is 538 g/mol. The van der Waals surface area contributed by atoms with Crippen molar-refractivity contribution in [1.29, 1.82) is 0 Å². The quantitative estimate of drug-likeness (QED) is 0.186. The Kier molecular flexibility index (Phi) is 7.68. The lowest BCUT2D eigenvalue weighted by atomic mass is 9.58. The van der Waals surface area contributed by atoms with E-state index >= 15 is 0 Å². The second kappa shape index (κ2) is 10.6. The lowest BCUT2D eigenvalue weighted by molar-refractivity contribution is 0.443. The van der Waals surface area contributed by atoms with Gasteiger partial charge in [-0.3, -0.25) is 0 Å². The molecule has 4 aromatic carbocycles. The summed E-state index contributed by atoms with van der Waals surface area (Å²) >= 11 is 0. The highest BCUT2D eigenvalue weighted by Gasteiger charge is 2.45. The molecule has 0 fully saturated rings. The number of phenolic OH excluding ortho intramolecular Hbond substituents is 4. The van der Waals surface area contributed by atoms with Gasteiger partial charge in [-0.15, -0.1) is 0 Å². The summed E-state index contributed by atoms with van der Waals surface area (Å²) in [5.74, 6) is 1.03. The summed E-state index contributed by atoms with van der Waals surface area (Å²) in [5.41, 5.74) is 9.72. The number of phenols is 4. The molecular weight excluding hydrogens is 496 g/mol. The highest BCUT2D eigenvalue weighted by atomic mass is 16.3. The first kappa shape index (κ1) is 29.1. The molecule has 0 radical (unpaired) electrons. The van der Waals surface area contributed by atoms with E-state index in [0.29, 0.717) is 5.75 Å². The molecule has 0 aromatic heterocycles. The molecule has 4 N–H and O–H groups in total. The van der Waals surface area contributed by atoms with Crippen molar-refractivity contribution in [1.82, 2.24) is 0 Å². The van der Waals surface area contributed by atoms with Crippen LogP contribution in [0.15, 0.2) is 48.5 Å². The van der Waals surface area contributed by atoms with Gasteiger partial charge in [0.1, 0.15) is 23.0 Å². The molecule has 4 nitrogen and oxygen atoms in total. The summed E-state index contributed by atoms with van der Waals surface area (Å²) in [6, 6.07) is 16.6. The van der Waals surface area contributed by atoms with Gasteiger partial charge in [0, 0.05) is 5.92 Å². The third-order valence-corrected chi connectivity index (χ3v) is 8.69. The minimum absolute atomic E-state index is 0.0967. The molecular formula is C36H42O4. The Morgan fingerprint density at radius 2 is 0.675 bits per heavy atom. The number of hydrogen-bond acceptors (Lipinski definition) is 4. The van der Waals surface area contributed by atoms with Gasteiger partial charge in [0.15, 0.2) is 0 Å². The van der Waals surface area contributed by atoms with Crippen LogP contribution in [0.25, 0.3) is 0 Å². The summed E-state index contributed by atoms with van der Waals surface area (Å²) in [6.45, 7) is 17.6. The molecule has 0 bridgehead atoms. The largest absolute Gasteiger partial charge is 0.507 e. The van der Waals surface area contributed by atoms with Crippen LogP contribution < -0.4 is 0 Å². The van der Waals surface area contributed by atoms with Crippen molar-refractivity contribution < 1.29 is 20.4 Å². The predicted molar refractivity (Wildman–Crippen MR) is 163 cm³/mol. The Hall–Kier alpha value is -3.92. The van der Waals surface area contributed by atoms with E-state index in [-0.39, 0.29) is 23.2 Å². The lowest BCUT2D eigenvalue weighted by Gasteiger charge is -2.44. The fraction of sp³-hybridized carbons (Fsp3) is 0.333. The van der Waals surface area contributed by atoms with E-state index in [1.807, 2.05) is 55.4 Å². The van der Waals surface area contributed by atoms with Gasteiger partial charge >= 0.3 is 0 Å². The minimum atomic E-state index is -0.764. The van der Waals surface area contributed by atoms with Gasteiger partial charge in [0.25, 0.3) is 0 Å². The van der Waals surface area contributed by atoms with Crippen LogP contribution in [0, 0.1) is 55.4 Å². The van der Waals surface area contributed by atoms with Crippen LogP contribution in [0.4, 0.5) is 0 Å². The normalized spacial score (nSPS) is 12.5. The highest BCUT2D eigenvalue weighted by Crippen LogP contribution is 2.54. The average Bonchev–Trinajstić information content (AvgIpc) is 2.89. The molecule has 1 atom stereocenters. The number of aryl methyl sites for hydroxylation is 8. The minimum Gasteiger partial charge on any atom is -0.507 e. The average molecular weight is 539 g/mol. The van der Waals surface area contributed by atoms with Gasteiger partial charge in [-0.25, -0.2) is 0 Å². The van der Waals surface area contributed by atoms with Gasteiger partial charge in [-0.1, -0.05) is 55.5 Å². The second-order valence-corrected chi connectivity index (χ2v) is 11.6. The third kappa shape index (κ3) is 4.60. The number of rotatable bonds is 6. The molecule has 0 aliphatic carbocycles. The van der Waals surface area contributed by atoms with Crippen LogP contribution in [0.5, 0.6) is 23.0 Å². The molecule has 0 heterocycles. The van der Waals surface area contributed by atoms with Crippen LogP contribution in [0.3, 0.4) is 0 Å². The summed E-state index contributed by atoms with van der Waals surface area (Å²) in [4.78, 5) is 0. The zero-order valence-electron chi connectivity index (χ0n) is 25.2. The van der Waals surface area contributed by atoms with Crippen molar-refractivity contribution in [2.45, 2.75) is 80.1 Å². The molecule has 0 saturated carbocycles. The number of benzene rings is 4. The maximum Gasteiger partial charge on any atom is 0.121 e. The van der Waals surface area contributed by atoms with Crippen molar-refractivity contribution in [2.24, 2.45) is 0 Å². The Morgan fingerprint density at radius 3 is 0.900 bits per heavy atom. The van der Waals surface area contributed by atoms with Crippen molar-refractivity contribution in [3.05, 3.63) is 115 Å². The van der Waals surface area contributed by atoms with Crippen LogP contribution in [0.2, 0.25) is 0 Å². The molecule has 4 heteroatoms. The van der Waals surface area contributed by atoms with Crippen LogP contribution in [-0.4, -0.2) is 20.4 Å². The molecule has 4 rings (SSSR count). The Morgan fingerprint density at radius 1 is 0.450 bits per heavy atom. The maximum absolute atomic E-state index is 10.8. The van der Waals surface area contributed by atoms with E-state index in [1.165, 1.54) is 0 Å². The van der Waals surface area contributed by atoms with Gasteiger partial charge < -0.3 is 20.4 Å². The standard InChI is InChI=1S/C36H42O4/c1-10-31(27-11-19(2)32(37)20(3)12-27)36(28-13-21(4)33(38)22(5)14-28,29-15-23(6)34(39)24(7)16-29)30-17-25(8)35(40)26(9)18-30/h11-18,31,37-40H,10H2,1-9H3. The van der Waals surface area contributed by atoms with E-state index < -0.39 is 5.41 Å². The molecule has 0 saturated heterocycles. The summed E-state index contributed by atoms with van der Waals surface area (Å²) in [5, 5.41) is 43.1. The van der Waals surface area contributed by atoms with E-state index in [1.54, 1.807) is 0 Å². The molecule has 1 unspecified atom stereocenters. The molecule has 4 aromatic rings. The fourth-order valence-corrected chi connectivity index (χ4v) is 6.64. The van der Waals surface area contributed by atoms with Crippen molar-refractivity contribution in [3.63, 3.8) is 0 Å². The Balaban J connectivity index is 2.30. The van der Waals surface area contributed by atoms with Gasteiger partial charge in [-0.05, 0) is 129 Å². The van der Waals surface area contributed by atoms with E-state index in [2.05, 4.69) is 55.5 Å². The SMILES string of the molecule is CCC(c1cc(C)c(O)c(C)c1)C(c1cc(C)c(O)c(C)c1)(c1cc(C)c(O)c(C)c1)c1cc(C)c(O)c(C)c1. The van der Waals surface area contributed by atoms with Crippen molar-refractivity contribution in [2.75, 3.05) is 0 Å². The third-order valence-electron chi connectivity index (χ3n) is 8.69. The van der Waals surface area contributed by atoms with Gasteiger partial charge in [0.2, 0.25) is 0 Å². The van der Waals surface area contributed by atoms with Gasteiger partial charge in [0.05, 0.1) is 5.41 Å². The Bertz CT molecular complexity index is 1380. The highest BCUT2D eigenvalue weighted by molar-refractivity contribution is 5.62. The summed E-state index contributed by atoms with van der Waals surface area (Å²) in [7, 11) is 0. The number of aromatic hydroxyl groups is 4. The van der Waals surface area contributed by atoms with Crippen LogP contribution in [0.1, 0.15) is 86.0 Å².